The molecule has 0 aliphatic heterocycles. The maximum atomic E-state index is 5.64. The second-order valence-corrected chi connectivity index (χ2v) is 5.93. The third-order valence-corrected chi connectivity index (χ3v) is 4.31. The maximum absolute atomic E-state index is 5.64. The molecule has 0 saturated heterocycles. The van der Waals surface area contributed by atoms with Crippen molar-refractivity contribution in [2.45, 2.75) is 5.92 Å². The standard InChI is InChI=1S/C24H22O3/c1-25-22-17-24(27-3)23(26-2)16-21(22)20(19-12-8-5-9-13-19)15-14-18-10-6-4-7-11-18/h4-13,16-17,20H,1-3H3. The molecule has 3 nitrogen and oxygen atoms in total. The molecule has 3 rings (SSSR count). The third kappa shape index (κ3) is 4.24. The van der Waals surface area contributed by atoms with Crippen molar-refractivity contribution in [3.05, 3.63) is 89.5 Å². The van der Waals surface area contributed by atoms with E-state index in [1.54, 1.807) is 21.3 Å². The number of ether oxygens (including phenoxy) is 3. The maximum Gasteiger partial charge on any atom is 0.164 e. The highest BCUT2D eigenvalue weighted by atomic mass is 16.5. The number of hydrogen-bond donors (Lipinski definition) is 0. The van der Waals surface area contributed by atoms with Crippen LogP contribution in [0.2, 0.25) is 0 Å². The zero-order valence-corrected chi connectivity index (χ0v) is 15.7. The summed E-state index contributed by atoms with van der Waals surface area (Å²) in [6.07, 6.45) is 0. The van der Waals surface area contributed by atoms with Gasteiger partial charge in [0.05, 0.1) is 27.2 Å². The van der Waals surface area contributed by atoms with Crippen LogP contribution >= 0.6 is 0 Å². The van der Waals surface area contributed by atoms with Crippen molar-refractivity contribution in [2.75, 3.05) is 21.3 Å². The Bertz CT molecular complexity index is 938. The summed E-state index contributed by atoms with van der Waals surface area (Å²) in [4.78, 5) is 0. The van der Waals surface area contributed by atoms with E-state index in [1.165, 1.54) is 0 Å². The largest absolute Gasteiger partial charge is 0.496 e. The van der Waals surface area contributed by atoms with Gasteiger partial charge in [-0.05, 0) is 23.8 Å². The quantitative estimate of drug-likeness (QED) is 0.608. The van der Waals surface area contributed by atoms with Crippen molar-refractivity contribution < 1.29 is 14.2 Å². The number of benzene rings is 3. The van der Waals surface area contributed by atoms with Crippen molar-refractivity contribution in [3.8, 4) is 29.1 Å². The van der Waals surface area contributed by atoms with Crippen LogP contribution in [0.4, 0.5) is 0 Å². The molecule has 0 N–H and O–H groups in total. The molecule has 0 spiro atoms. The Balaban J connectivity index is 2.15. The highest BCUT2D eigenvalue weighted by Gasteiger charge is 2.20. The van der Waals surface area contributed by atoms with Gasteiger partial charge in [0.2, 0.25) is 0 Å². The summed E-state index contributed by atoms with van der Waals surface area (Å²) in [5, 5.41) is 0. The lowest BCUT2D eigenvalue weighted by Gasteiger charge is -2.18. The van der Waals surface area contributed by atoms with Gasteiger partial charge in [-0.3, -0.25) is 0 Å². The molecule has 1 unspecified atom stereocenters. The average Bonchev–Trinajstić information content (AvgIpc) is 2.74. The smallest absolute Gasteiger partial charge is 0.164 e. The zero-order chi connectivity index (χ0) is 19.1. The van der Waals surface area contributed by atoms with Gasteiger partial charge in [0.15, 0.2) is 11.5 Å². The van der Waals surface area contributed by atoms with Crippen molar-refractivity contribution in [2.24, 2.45) is 0 Å². The van der Waals surface area contributed by atoms with E-state index in [-0.39, 0.29) is 5.92 Å². The van der Waals surface area contributed by atoms with Gasteiger partial charge in [-0.25, -0.2) is 0 Å². The molecule has 3 aromatic carbocycles. The van der Waals surface area contributed by atoms with Gasteiger partial charge < -0.3 is 14.2 Å². The molecule has 0 bridgehead atoms. The predicted molar refractivity (Wildman–Crippen MR) is 108 cm³/mol. The minimum absolute atomic E-state index is 0.166. The Morgan fingerprint density at radius 1 is 0.667 bits per heavy atom. The molecule has 0 radical (unpaired) electrons. The first kappa shape index (κ1) is 18.4. The van der Waals surface area contributed by atoms with E-state index in [0.717, 1.165) is 16.7 Å². The Hall–Kier alpha value is -3.38. The van der Waals surface area contributed by atoms with E-state index in [4.69, 9.17) is 14.2 Å². The summed E-state index contributed by atoms with van der Waals surface area (Å²) in [7, 11) is 4.89. The fraction of sp³-hybridized carbons (Fsp3) is 0.167. The Morgan fingerprint density at radius 3 is 1.81 bits per heavy atom. The van der Waals surface area contributed by atoms with Crippen molar-refractivity contribution >= 4 is 0 Å². The molecule has 3 aromatic rings. The van der Waals surface area contributed by atoms with Crippen LogP contribution in [0.1, 0.15) is 22.6 Å². The Labute approximate surface area is 160 Å². The van der Waals surface area contributed by atoms with Crippen molar-refractivity contribution in [1.82, 2.24) is 0 Å². The van der Waals surface area contributed by atoms with Gasteiger partial charge in [0, 0.05) is 17.2 Å². The predicted octanol–water partition coefficient (Wildman–Crippen LogP) is 4.90. The summed E-state index contributed by atoms with van der Waals surface area (Å²) >= 11 is 0. The van der Waals surface area contributed by atoms with E-state index in [9.17, 15) is 0 Å². The summed E-state index contributed by atoms with van der Waals surface area (Å²) in [5.74, 6) is 8.51. The van der Waals surface area contributed by atoms with Crippen LogP contribution in [-0.4, -0.2) is 21.3 Å². The topological polar surface area (TPSA) is 27.7 Å². The van der Waals surface area contributed by atoms with Crippen LogP contribution in [0.5, 0.6) is 17.2 Å². The zero-order valence-electron chi connectivity index (χ0n) is 15.7. The van der Waals surface area contributed by atoms with Gasteiger partial charge in [-0.2, -0.15) is 0 Å². The molecule has 0 aromatic heterocycles. The van der Waals surface area contributed by atoms with E-state index < -0.39 is 0 Å². The molecule has 0 heterocycles. The normalized spacial score (nSPS) is 11.1. The number of hydrogen-bond acceptors (Lipinski definition) is 3. The summed E-state index contributed by atoms with van der Waals surface area (Å²) in [5.41, 5.74) is 2.99. The highest BCUT2D eigenvalue weighted by Crippen LogP contribution is 2.40. The second kappa shape index (κ2) is 8.82. The van der Waals surface area contributed by atoms with Crippen LogP contribution in [0.3, 0.4) is 0 Å². The minimum Gasteiger partial charge on any atom is -0.496 e. The molecule has 136 valence electrons. The molecule has 0 aliphatic carbocycles. The summed E-state index contributed by atoms with van der Waals surface area (Å²) in [6, 6.07) is 23.9. The third-order valence-electron chi connectivity index (χ3n) is 4.31. The second-order valence-electron chi connectivity index (χ2n) is 5.93. The lowest BCUT2D eigenvalue weighted by Crippen LogP contribution is -2.03. The van der Waals surface area contributed by atoms with Crippen LogP contribution in [0.25, 0.3) is 0 Å². The molecule has 0 amide bonds. The molecule has 27 heavy (non-hydrogen) atoms. The first-order valence-corrected chi connectivity index (χ1v) is 8.68. The van der Waals surface area contributed by atoms with Crippen molar-refractivity contribution in [1.29, 1.82) is 0 Å². The number of rotatable bonds is 5. The summed E-state index contributed by atoms with van der Waals surface area (Å²) in [6.45, 7) is 0. The molecule has 0 saturated carbocycles. The molecule has 0 aliphatic rings. The van der Waals surface area contributed by atoms with Crippen molar-refractivity contribution in [3.63, 3.8) is 0 Å². The van der Waals surface area contributed by atoms with Gasteiger partial charge in [0.25, 0.3) is 0 Å². The van der Waals surface area contributed by atoms with E-state index in [1.807, 2.05) is 60.7 Å². The van der Waals surface area contributed by atoms with Crippen LogP contribution < -0.4 is 14.2 Å². The SMILES string of the molecule is COc1cc(OC)c(C(C#Cc2ccccc2)c2ccccc2)cc1OC. The number of methoxy groups -OCH3 is 3. The highest BCUT2D eigenvalue weighted by molar-refractivity contribution is 5.57. The van der Waals surface area contributed by atoms with Crippen LogP contribution in [0.15, 0.2) is 72.8 Å². The van der Waals surface area contributed by atoms with Gasteiger partial charge in [0.1, 0.15) is 5.75 Å². The fourth-order valence-corrected chi connectivity index (χ4v) is 2.94. The van der Waals surface area contributed by atoms with Gasteiger partial charge in [-0.1, -0.05) is 60.4 Å². The Kier molecular flexibility index (Phi) is 6.02. The first-order chi connectivity index (χ1) is 13.3. The van der Waals surface area contributed by atoms with E-state index in [2.05, 4.69) is 24.0 Å². The Morgan fingerprint density at radius 2 is 1.22 bits per heavy atom. The van der Waals surface area contributed by atoms with Crippen LogP contribution in [0, 0.1) is 11.8 Å². The average molecular weight is 358 g/mol. The lowest BCUT2D eigenvalue weighted by atomic mass is 9.90. The molecule has 0 fully saturated rings. The van der Waals surface area contributed by atoms with E-state index >= 15 is 0 Å². The summed E-state index contributed by atoms with van der Waals surface area (Å²) < 4.78 is 16.5. The van der Waals surface area contributed by atoms with Gasteiger partial charge in [-0.15, -0.1) is 0 Å². The molecule has 1 atom stereocenters. The lowest BCUT2D eigenvalue weighted by molar-refractivity contribution is 0.347. The van der Waals surface area contributed by atoms with Gasteiger partial charge >= 0.3 is 0 Å². The van der Waals surface area contributed by atoms with E-state index in [0.29, 0.717) is 17.2 Å². The monoisotopic (exact) mass is 358 g/mol. The van der Waals surface area contributed by atoms with Crippen LogP contribution in [-0.2, 0) is 0 Å². The molecule has 3 heteroatoms. The molecular weight excluding hydrogens is 336 g/mol. The minimum atomic E-state index is -0.166. The fourth-order valence-electron chi connectivity index (χ4n) is 2.94. The first-order valence-electron chi connectivity index (χ1n) is 8.68. The molecular formula is C24H22O3.